The summed E-state index contributed by atoms with van der Waals surface area (Å²) in [6.45, 7) is 1.60. The average molecular weight is 308 g/mol. The van der Waals surface area contributed by atoms with Crippen LogP contribution >= 0.6 is 0 Å². The van der Waals surface area contributed by atoms with Crippen LogP contribution in [0, 0.1) is 0 Å². The van der Waals surface area contributed by atoms with Gasteiger partial charge in [-0.25, -0.2) is 9.97 Å². The molecule has 0 radical (unpaired) electrons. The molecule has 1 unspecified atom stereocenters. The van der Waals surface area contributed by atoms with E-state index in [-0.39, 0.29) is 6.04 Å². The van der Waals surface area contributed by atoms with Crippen molar-refractivity contribution in [3.8, 4) is 5.75 Å². The number of piperidine rings is 1. The number of para-hydroxylation sites is 1. The second-order valence-electron chi connectivity index (χ2n) is 6.03. The number of hydrogen-bond donors (Lipinski definition) is 2. The molecule has 2 aromatic heterocycles. The molecule has 1 aliphatic heterocycles. The van der Waals surface area contributed by atoms with Gasteiger partial charge in [-0.1, -0.05) is 24.6 Å². The first kappa shape index (κ1) is 14.2. The van der Waals surface area contributed by atoms with E-state index in [0.717, 1.165) is 35.5 Å². The smallest absolute Gasteiger partial charge is 0.160 e. The molecular formula is C18H20N4O. The van der Waals surface area contributed by atoms with Crippen molar-refractivity contribution in [3.05, 3.63) is 54.0 Å². The van der Waals surface area contributed by atoms with Gasteiger partial charge >= 0.3 is 0 Å². The molecule has 4 rings (SSSR count). The van der Waals surface area contributed by atoms with E-state index in [1.165, 1.54) is 12.8 Å². The third kappa shape index (κ3) is 2.68. The summed E-state index contributed by atoms with van der Waals surface area (Å²) < 4.78 is 2.13. The van der Waals surface area contributed by atoms with Gasteiger partial charge in [-0.3, -0.25) is 0 Å². The van der Waals surface area contributed by atoms with Crippen molar-refractivity contribution < 1.29 is 5.11 Å². The summed E-state index contributed by atoms with van der Waals surface area (Å²) in [5.41, 5.74) is 2.66. The Bertz CT molecular complexity index is 821. The number of rotatable bonds is 3. The zero-order chi connectivity index (χ0) is 15.6. The van der Waals surface area contributed by atoms with Crippen LogP contribution in [0.15, 0.2) is 42.6 Å². The Morgan fingerprint density at radius 3 is 2.91 bits per heavy atom. The maximum absolute atomic E-state index is 10.1. The lowest BCUT2D eigenvalue weighted by Gasteiger charge is -2.24. The first-order chi connectivity index (χ1) is 11.3. The van der Waals surface area contributed by atoms with Gasteiger partial charge in [-0.15, -0.1) is 0 Å². The molecule has 1 saturated heterocycles. The number of aromatic nitrogens is 3. The van der Waals surface area contributed by atoms with E-state index >= 15 is 0 Å². The average Bonchev–Trinajstić information content (AvgIpc) is 2.96. The summed E-state index contributed by atoms with van der Waals surface area (Å²) in [5.74, 6) is 1.33. The van der Waals surface area contributed by atoms with Crippen LogP contribution in [0.1, 0.15) is 36.7 Å². The van der Waals surface area contributed by atoms with Crippen LogP contribution in [-0.4, -0.2) is 26.2 Å². The Labute approximate surface area is 135 Å². The lowest BCUT2D eigenvalue weighted by Crippen LogP contribution is -2.29. The molecule has 0 bridgehead atoms. The van der Waals surface area contributed by atoms with Gasteiger partial charge in [0.2, 0.25) is 0 Å². The van der Waals surface area contributed by atoms with Gasteiger partial charge in [-0.2, -0.15) is 0 Å². The predicted octanol–water partition coefficient (Wildman–Crippen LogP) is 3.00. The normalized spacial score (nSPS) is 18.3. The molecule has 0 aliphatic carbocycles. The second kappa shape index (κ2) is 6.01. The lowest BCUT2D eigenvalue weighted by atomic mass is 10.0. The zero-order valence-electron chi connectivity index (χ0n) is 12.9. The quantitative estimate of drug-likeness (QED) is 0.781. The minimum absolute atomic E-state index is 0.254. The first-order valence-electron chi connectivity index (χ1n) is 8.14. The third-order valence-corrected chi connectivity index (χ3v) is 4.48. The highest BCUT2D eigenvalue weighted by molar-refractivity contribution is 5.71. The summed E-state index contributed by atoms with van der Waals surface area (Å²) in [6.07, 6.45) is 5.31. The molecule has 0 spiro atoms. The van der Waals surface area contributed by atoms with Crippen molar-refractivity contribution in [2.24, 2.45) is 0 Å². The molecule has 5 nitrogen and oxygen atoms in total. The third-order valence-electron chi connectivity index (χ3n) is 4.48. The van der Waals surface area contributed by atoms with Gasteiger partial charge in [0.25, 0.3) is 0 Å². The van der Waals surface area contributed by atoms with Crippen molar-refractivity contribution in [3.63, 3.8) is 0 Å². The van der Waals surface area contributed by atoms with E-state index in [9.17, 15) is 5.11 Å². The minimum atomic E-state index is 0.254. The van der Waals surface area contributed by atoms with Gasteiger partial charge in [-0.05, 0) is 37.6 Å². The Hall–Kier alpha value is -2.40. The number of benzene rings is 1. The van der Waals surface area contributed by atoms with Gasteiger partial charge in [0, 0.05) is 11.8 Å². The molecule has 0 amide bonds. The van der Waals surface area contributed by atoms with Gasteiger partial charge < -0.3 is 15.0 Å². The topological polar surface area (TPSA) is 63.0 Å². The summed E-state index contributed by atoms with van der Waals surface area (Å²) in [6, 6.07) is 11.6. The molecule has 1 aliphatic rings. The number of nitrogens with one attached hydrogen (secondary N) is 1. The number of phenolic OH excluding ortho intramolecular Hbond substituents is 1. The second-order valence-corrected chi connectivity index (χ2v) is 6.03. The van der Waals surface area contributed by atoms with E-state index in [4.69, 9.17) is 4.98 Å². The number of hydrogen-bond acceptors (Lipinski definition) is 4. The molecule has 1 aromatic carbocycles. The van der Waals surface area contributed by atoms with Crippen LogP contribution in [0.4, 0.5) is 0 Å². The van der Waals surface area contributed by atoms with Gasteiger partial charge in [0.1, 0.15) is 17.1 Å². The van der Waals surface area contributed by atoms with E-state index < -0.39 is 0 Å². The van der Waals surface area contributed by atoms with Crippen LogP contribution in [-0.2, 0) is 6.54 Å². The maximum atomic E-state index is 10.1. The molecule has 5 heteroatoms. The molecule has 3 aromatic rings. The summed E-state index contributed by atoms with van der Waals surface area (Å²) >= 11 is 0. The molecule has 118 valence electrons. The zero-order valence-corrected chi connectivity index (χ0v) is 12.9. The Morgan fingerprint density at radius 2 is 2.09 bits per heavy atom. The van der Waals surface area contributed by atoms with E-state index in [2.05, 4.69) is 14.9 Å². The number of pyridine rings is 1. The standard InChI is InChI=1S/C18H20N4O/c23-16-9-2-1-6-13(16)12-22-17-15(8-5-11-20-17)21-18(22)14-7-3-4-10-19-14/h1-2,5-6,8-9,11,14,19,23H,3-4,7,10,12H2. The van der Waals surface area contributed by atoms with Crippen LogP contribution < -0.4 is 5.32 Å². The van der Waals surface area contributed by atoms with Gasteiger partial charge in [0.05, 0.1) is 12.6 Å². The SMILES string of the molecule is Oc1ccccc1Cn1c(C2CCCCN2)nc2cccnc21. The summed E-state index contributed by atoms with van der Waals surface area (Å²) in [7, 11) is 0. The van der Waals surface area contributed by atoms with Crippen molar-refractivity contribution in [2.75, 3.05) is 6.54 Å². The molecule has 23 heavy (non-hydrogen) atoms. The lowest BCUT2D eigenvalue weighted by molar-refractivity contribution is 0.388. The Kier molecular flexibility index (Phi) is 3.71. The minimum Gasteiger partial charge on any atom is -0.508 e. The number of fused-ring (bicyclic) bond motifs is 1. The van der Waals surface area contributed by atoms with Crippen molar-refractivity contribution >= 4 is 11.2 Å². The van der Waals surface area contributed by atoms with Crippen LogP contribution in [0.5, 0.6) is 5.75 Å². The molecule has 0 saturated carbocycles. The fourth-order valence-corrected chi connectivity index (χ4v) is 3.28. The van der Waals surface area contributed by atoms with Crippen molar-refractivity contribution in [1.29, 1.82) is 0 Å². The maximum Gasteiger partial charge on any atom is 0.160 e. The van der Waals surface area contributed by atoms with Crippen LogP contribution in [0.2, 0.25) is 0 Å². The highest BCUT2D eigenvalue weighted by Crippen LogP contribution is 2.27. The highest BCUT2D eigenvalue weighted by Gasteiger charge is 2.22. The summed E-state index contributed by atoms with van der Waals surface area (Å²) in [5, 5.41) is 13.7. The van der Waals surface area contributed by atoms with Crippen molar-refractivity contribution in [1.82, 2.24) is 19.9 Å². The van der Waals surface area contributed by atoms with Crippen LogP contribution in [0.25, 0.3) is 11.2 Å². The Balaban J connectivity index is 1.81. The molecule has 1 fully saturated rings. The fraction of sp³-hybridized carbons (Fsp3) is 0.333. The summed E-state index contributed by atoms with van der Waals surface area (Å²) in [4.78, 5) is 9.33. The molecule has 3 heterocycles. The van der Waals surface area contributed by atoms with Crippen LogP contribution in [0.3, 0.4) is 0 Å². The fourth-order valence-electron chi connectivity index (χ4n) is 3.28. The molecule has 1 atom stereocenters. The number of phenols is 1. The monoisotopic (exact) mass is 308 g/mol. The number of aromatic hydroxyl groups is 1. The predicted molar refractivity (Wildman–Crippen MR) is 89.3 cm³/mol. The molecule has 2 N–H and O–H groups in total. The van der Waals surface area contributed by atoms with E-state index in [1.54, 1.807) is 12.3 Å². The van der Waals surface area contributed by atoms with Crippen molar-refractivity contribution in [2.45, 2.75) is 31.8 Å². The molecular weight excluding hydrogens is 288 g/mol. The largest absolute Gasteiger partial charge is 0.508 e. The van der Waals surface area contributed by atoms with Gasteiger partial charge in [0.15, 0.2) is 5.65 Å². The Morgan fingerprint density at radius 1 is 1.17 bits per heavy atom. The van der Waals surface area contributed by atoms with E-state index in [0.29, 0.717) is 12.3 Å². The first-order valence-corrected chi connectivity index (χ1v) is 8.14. The number of imidazole rings is 1. The highest BCUT2D eigenvalue weighted by atomic mass is 16.3. The number of nitrogens with zero attached hydrogens (tertiary/aromatic N) is 3. The van der Waals surface area contributed by atoms with E-state index in [1.807, 2.05) is 30.3 Å².